The molecule has 0 radical (unpaired) electrons. The molecule has 11 heteroatoms. The second-order valence-electron chi connectivity index (χ2n) is 10.2. The number of hydrogen-bond acceptors (Lipinski definition) is 7. The number of phosphoric acid groups is 1. The summed E-state index contributed by atoms with van der Waals surface area (Å²) in [5, 5.41) is 2.82. The van der Waals surface area contributed by atoms with Crippen LogP contribution in [0.1, 0.15) is 136 Å². The van der Waals surface area contributed by atoms with Crippen LogP contribution in [0.3, 0.4) is 0 Å². The number of amides is 1. The maximum absolute atomic E-state index is 12.1. The molecule has 230 valence electrons. The van der Waals surface area contributed by atoms with Gasteiger partial charge in [-0.25, -0.2) is 4.57 Å². The van der Waals surface area contributed by atoms with E-state index in [1.165, 1.54) is 38.5 Å². The van der Waals surface area contributed by atoms with E-state index < -0.39 is 32.5 Å². The minimum Gasteiger partial charge on any atom is -0.462 e. The number of phosphoric ester groups is 1. The summed E-state index contributed by atoms with van der Waals surface area (Å²) in [5.41, 5.74) is 0. The molecule has 0 aliphatic heterocycles. The zero-order chi connectivity index (χ0) is 29.2. The molecule has 0 saturated carbocycles. The van der Waals surface area contributed by atoms with Gasteiger partial charge in [-0.05, 0) is 19.3 Å². The van der Waals surface area contributed by atoms with Gasteiger partial charge in [-0.1, -0.05) is 96.8 Å². The van der Waals surface area contributed by atoms with Crippen LogP contribution in [0, 0.1) is 0 Å². The third kappa shape index (κ3) is 29.3. The maximum atomic E-state index is 12.1. The highest BCUT2D eigenvalue weighted by Crippen LogP contribution is 2.35. The van der Waals surface area contributed by atoms with Crippen molar-refractivity contribution in [2.24, 2.45) is 0 Å². The summed E-state index contributed by atoms with van der Waals surface area (Å²) in [5.74, 6) is -0.889. The van der Waals surface area contributed by atoms with Gasteiger partial charge in [0.1, 0.15) is 6.61 Å². The predicted molar refractivity (Wildman–Crippen MR) is 151 cm³/mol. The fraction of sp³-hybridized carbons (Fsp3) is 0.893. The van der Waals surface area contributed by atoms with Crippen LogP contribution in [-0.2, 0) is 32.9 Å². The number of nitrogens with one attached hydrogen (secondary N) is 1. The lowest BCUT2D eigenvalue weighted by molar-refractivity contribution is -0.161. The molecular formula is C28H54NO9P. The first-order chi connectivity index (χ1) is 18.6. The fourth-order valence-corrected chi connectivity index (χ4v) is 4.46. The molecule has 0 aliphatic carbocycles. The molecule has 0 aromatic heterocycles. The summed E-state index contributed by atoms with van der Waals surface area (Å²) >= 11 is 0. The second-order valence-corrected chi connectivity index (χ2v) is 11.5. The number of hydrogen-bond donors (Lipinski definition) is 3. The van der Waals surface area contributed by atoms with E-state index in [1.54, 1.807) is 6.92 Å². The fourth-order valence-electron chi connectivity index (χ4n) is 4.10. The molecule has 0 saturated heterocycles. The lowest BCUT2D eigenvalue weighted by atomic mass is 10.0. The van der Waals surface area contributed by atoms with E-state index in [-0.39, 0.29) is 25.4 Å². The Morgan fingerprint density at radius 3 is 1.64 bits per heavy atom. The molecule has 0 aliphatic rings. The van der Waals surface area contributed by atoms with Crippen LogP contribution in [0.2, 0.25) is 0 Å². The first kappa shape index (κ1) is 37.5. The Labute approximate surface area is 235 Å². The predicted octanol–water partition coefficient (Wildman–Crippen LogP) is 6.12. The van der Waals surface area contributed by atoms with E-state index in [2.05, 4.69) is 16.8 Å². The monoisotopic (exact) mass is 579 g/mol. The zero-order valence-electron chi connectivity index (χ0n) is 24.3. The lowest BCUT2D eigenvalue weighted by Gasteiger charge is -2.18. The third-order valence-electron chi connectivity index (χ3n) is 6.32. The zero-order valence-corrected chi connectivity index (χ0v) is 25.2. The van der Waals surface area contributed by atoms with Gasteiger partial charge in [-0.3, -0.25) is 18.9 Å². The highest BCUT2D eigenvalue weighted by Gasteiger charge is 2.22. The van der Waals surface area contributed by atoms with E-state index in [1.807, 2.05) is 0 Å². The van der Waals surface area contributed by atoms with Crippen molar-refractivity contribution in [2.45, 2.75) is 142 Å². The average Bonchev–Trinajstić information content (AvgIpc) is 2.87. The van der Waals surface area contributed by atoms with Crippen molar-refractivity contribution in [2.75, 3.05) is 19.8 Å². The Kier molecular flexibility index (Phi) is 24.5. The van der Waals surface area contributed by atoms with Gasteiger partial charge < -0.3 is 24.6 Å². The first-order valence-electron chi connectivity index (χ1n) is 14.9. The molecule has 3 N–H and O–H groups in total. The van der Waals surface area contributed by atoms with Crippen molar-refractivity contribution < 1.29 is 42.7 Å². The van der Waals surface area contributed by atoms with Gasteiger partial charge in [-0.15, -0.1) is 0 Å². The quantitative estimate of drug-likeness (QED) is 0.0594. The second kappa shape index (κ2) is 25.5. The van der Waals surface area contributed by atoms with E-state index in [4.69, 9.17) is 19.3 Å². The Hall–Kier alpha value is -1.48. The summed E-state index contributed by atoms with van der Waals surface area (Å²) in [6.45, 7) is 3.58. The topological polar surface area (TPSA) is 148 Å². The van der Waals surface area contributed by atoms with Crippen molar-refractivity contribution in [1.82, 2.24) is 5.32 Å². The van der Waals surface area contributed by atoms with Crippen LogP contribution in [0.15, 0.2) is 0 Å². The van der Waals surface area contributed by atoms with Crippen molar-refractivity contribution >= 4 is 25.7 Å². The lowest BCUT2D eigenvalue weighted by Crippen LogP contribution is -2.29. The Morgan fingerprint density at radius 2 is 1.15 bits per heavy atom. The maximum Gasteiger partial charge on any atom is 0.469 e. The van der Waals surface area contributed by atoms with Crippen LogP contribution >= 0.6 is 7.82 Å². The highest BCUT2D eigenvalue weighted by atomic mass is 31.2. The minimum atomic E-state index is -4.74. The molecule has 0 spiro atoms. The molecule has 0 aromatic carbocycles. The molecular weight excluding hydrogens is 525 g/mol. The Balaban J connectivity index is 3.87. The average molecular weight is 580 g/mol. The van der Waals surface area contributed by atoms with Crippen molar-refractivity contribution in [1.29, 1.82) is 0 Å². The Morgan fingerprint density at radius 1 is 0.692 bits per heavy atom. The smallest absolute Gasteiger partial charge is 0.462 e. The number of carbonyl (C=O) groups is 3. The summed E-state index contributed by atoms with van der Waals surface area (Å²) in [4.78, 5) is 52.8. The van der Waals surface area contributed by atoms with Crippen LogP contribution in [0.25, 0.3) is 0 Å². The highest BCUT2D eigenvalue weighted by molar-refractivity contribution is 7.46. The molecule has 0 rings (SSSR count). The molecule has 1 atom stereocenters. The molecule has 39 heavy (non-hydrogen) atoms. The number of carbonyl (C=O) groups excluding carboxylic acids is 3. The standard InChI is InChI=1S/C28H54NO9P/c1-3-4-5-14-18-21-28(32)38-26(24-37-39(33,34)35)23-36-27(31)20-17-15-12-10-8-6-7-9-11-13-16-19-22-29-25(2)30/h26H,3-24H2,1-2H3,(H,29,30)(H2,33,34,35)/t26-/m1/s1. The normalized spacial score (nSPS) is 12.2. The molecule has 0 fully saturated rings. The minimum absolute atomic E-state index is 0.0374. The molecule has 0 heterocycles. The largest absolute Gasteiger partial charge is 0.469 e. The molecule has 0 bridgehead atoms. The van der Waals surface area contributed by atoms with Gasteiger partial charge in [-0.2, -0.15) is 0 Å². The summed E-state index contributed by atoms with van der Waals surface area (Å²) in [6, 6.07) is 0. The number of esters is 2. The van der Waals surface area contributed by atoms with Crippen LogP contribution in [0.5, 0.6) is 0 Å². The summed E-state index contributed by atoms with van der Waals surface area (Å²) < 4.78 is 25.9. The van der Waals surface area contributed by atoms with Crippen LogP contribution in [0.4, 0.5) is 0 Å². The van der Waals surface area contributed by atoms with Crippen molar-refractivity contribution in [3.05, 3.63) is 0 Å². The number of ether oxygens (including phenoxy) is 2. The van der Waals surface area contributed by atoms with Gasteiger partial charge in [0, 0.05) is 26.3 Å². The third-order valence-corrected chi connectivity index (χ3v) is 6.81. The van der Waals surface area contributed by atoms with Crippen LogP contribution < -0.4 is 5.32 Å². The molecule has 0 unspecified atom stereocenters. The van der Waals surface area contributed by atoms with Gasteiger partial charge in [0.05, 0.1) is 6.61 Å². The SMILES string of the molecule is CCCCCCCC(=O)O[C@H](COC(=O)CCCCCCCCCCCCCCNC(C)=O)COP(=O)(O)O. The number of unbranched alkanes of at least 4 members (excludes halogenated alkanes) is 15. The summed E-state index contributed by atoms with van der Waals surface area (Å²) in [6.07, 6.45) is 17.6. The van der Waals surface area contributed by atoms with Gasteiger partial charge >= 0.3 is 19.8 Å². The molecule has 10 nitrogen and oxygen atoms in total. The van der Waals surface area contributed by atoms with E-state index >= 15 is 0 Å². The van der Waals surface area contributed by atoms with Crippen molar-refractivity contribution in [3.8, 4) is 0 Å². The van der Waals surface area contributed by atoms with E-state index in [0.717, 1.165) is 64.3 Å². The van der Waals surface area contributed by atoms with Gasteiger partial charge in [0.15, 0.2) is 6.10 Å². The van der Waals surface area contributed by atoms with Crippen molar-refractivity contribution in [3.63, 3.8) is 0 Å². The van der Waals surface area contributed by atoms with Gasteiger partial charge in [0.2, 0.25) is 5.91 Å². The number of rotatable bonds is 27. The van der Waals surface area contributed by atoms with E-state index in [0.29, 0.717) is 12.8 Å². The molecule has 0 aromatic rings. The summed E-state index contributed by atoms with van der Waals surface area (Å²) in [7, 11) is -4.74. The van der Waals surface area contributed by atoms with Gasteiger partial charge in [0.25, 0.3) is 0 Å². The first-order valence-corrected chi connectivity index (χ1v) is 16.5. The Bertz CT molecular complexity index is 684. The molecule has 1 amide bonds. The van der Waals surface area contributed by atoms with E-state index in [9.17, 15) is 18.9 Å². The van der Waals surface area contributed by atoms with Crippen LogP contribution in [-0.4, -0.2) is 53.5 Å².